The fourth-order valence-electron chi connectivity index (χ4n) is 3.23. The summed E-state index contributed by atoms with van der Waals surface area (Å²) in [4.78, 5) is 27.8. The largest absolute Gasteiger partial charge is 0.350 e. The summed E-state index contributed by atoms with van der Waals surface area (Å²) in [7, 11) is 0. The molecule has 0 spiro atoms. The van der Waals surface area contributed by atoms with Gasteiger partial charge < -0.3 is 10.6 Å². The van der Waals surface area contributed by atoms with Crippen LogP contribution in [0, 0.1) is 12.3 Å². The Balaban J connectivity index is 1.38. The number of rotatable bonds is 5. The van der Waals surface area contributed by atoms with Gasteiger partial charge in [-0.15, -0.1) is 17.8 Å². The van der Waals surface area contributed by atoms with Gasteiger partial charge in [0.1, 0.15) is 5.69 Å². The maximum absolute atomic E-state index is 12.1. The number of hydrogen-bond acceptors (Lipinski definition) is 4. The second-order valence-corrected chi connectivity index (χ2v) is 7.30. The third-order valence-corrected chi connectivity index (χ3v) is 5.39. The van der Waals surface area contributed by atoms with E-state index in [9.17, 15) is 9.59 Å². The Morgan fingerprint density at radius 3 is 2.82 bits per heavy atom. The number of aromatic nitrogens is 1. The van der Waals surface area contributed by atoms with E-state index in [1.807, 2.05) is 30.3 Å². The molecule has 2 N–H and O–H groups in total. The lowest BCUT2D eigenvalue weighted by atomic mass is 9.96. The Morgan fingerprint density at radius 1 is 1.25 bits per heavy atom. The third-order valence-electron chi connectivity index (χ3n) is 4.61. The van der Waals surface area contributed by atoms with E-state index in [1.165, 1.54) is 11.3 Å². The van der Waals surface area contributed by atoms with Gasteiger partial charge in [0.05, 0.1) is 6.42 Å². The van der Waals surface area contributed by atoms with Gasteiger partial charge in [-0.25, -0.2) is 4.98 Å². The van der Waals surface area contributed by atoms with Crippen LogP contribution in [-0.4, -0.2) is 23.3 Å². The van der Waals surface area contributed by atoms with Crippen LogP contribution in [0.4, 0.5) is 5.69 Å². The van der Waals surface area contributed by atoms with Gasteiger partial charge in [-0.1, -0.05) is 36.4 Å². The van der Waals surface area contributed by atoms with Crippen molar-refractivity contribution in [3.63, 3.8) is 0 Å². The van der Waals surface area contributed by atoms with Crippen molar-refractivity contribution < 1.29 is 9.59 Å². The van der Waals surface area contributed by atoms with Crippen molar-refractivity contribution in [3.05, 3.63) is 69.7 Å². The molecule has 28 heavy (non-hydrogen) atoms. The van der Waals surface area contributed by atoms with E-state index in [4.69, 9.17) is 6.42 Å². The lowest BCUT2D eigenvalue weighted by molar-refractivity contribution is -0.115. The van der Waals surface area contributed by atoms with Gasteiger partial charge in [0.25, 0.3) is 5.91 Å². The van der Waals surface area contributed by atoms with E-state index in [0.29, 0.717) is 30.1 Å². The van der Waals surface area contributed by atoms with Crippen LogP contribution >= 0.6 is 11.3 Å². The third kappa shape index (κ3) is 3.66. The number of amides is 2. The maximum Gasteiger partial charge on any atom is 0.270 e. The molecule has 0 fully saturated rings. The monoisotopic (exact) mass is 387 g/mol. The molecule has 1 aliphatic rings. The van der Waals surface area contributed by atoms with Gasteiger partial charge in [-0.05, 0) is 40.7 Å². The standard InChI is InChI=1S/C22H17N3O2S/c1-2-21-25-19(13-28-21)22(27)23-11-10-14-6-8-15(9-7-14)16-4-3-5-18-17(16)12-20(26)24-18/h1,3-9,13H,10-12H2,(H,23,27)(H,24,26). The number of nitrogens with zero attached hydrogens (tertiary/aromatic N) is 1. The SMILES string of the molecule is C#Cc1nc(C(=O)NCCc2ccc(-c3cccc4c3CC(=O)N4)cc2)cs1. The summed E-state index contributed by atoms with van der Waals surface area (Å²) in [6.45, 7) is 0.514. The normalized spacial score (nSPS) is 12.2. The zero-order valence-corrected chi connectivity index (χ0v) is 15.8. The highest BCUT2D eigenvalue weighted by molar-refractivity contribution is 7.10. The van der Waals surface area contributed by atoms with Crippen molar-refractivity contribution in [2.45, 2.75) is 12.8 Å². The number of carbonyl (C=O) groups excluding carboxylic acids is 2. The van der Waals surface area contributed by atoms with Crippen molar-refractivity contribution in [2.24, 2.45) is 0 Å². The Labute approximate surface area is 166 Å². The first-order valence-electron chi connectivity index (χ1n) is 8.85. The minimum absolute atomic E-state index is 0.0317. The predicted molar refractivity (Wildman–Crippen MR) is 110 cm³/mol. The minimum atomic E-state index is -0.216. The Bertz CT molecular complexity index is 1090. The van der Waals surface area contributed by atoms with Crippen LogP contribution in [0.15, 0.2) is 47.8 Å². The highest BCUT2D eigenvalue weighted by Gasteiger charge is 2.20. The molecular weight excluding hydrogens is 370 g/mol. The van der Waals surface area contributed by atoms with Crippen molar-refractivity contribution in [2.75, 3.05) is 11.9 Å². The molecule has 2 aromatic carbocycles. The second kappa shape index (κ2) is 7.67. The number of hydrogen-bond donors (Lipinski definition) is 2. The van der Waals surface area contributed by atoms with Crippen LogP contribution < -0.4 is 10.6 Å². The molecule has 4 rings (SSSR count). The number of anilines is 1. The molecule has 2 amide bonds. The zero-order valence-electron chi connectivity index (χ0n) is 15.0. The second-order valence-electron chi connectivity index (χ2n) is 6.44. The molecule has 2 heterocycles. The molecule has 0 radical (unpaired) electrons. The van der Waals surface area contributed by atoms with Crippen molar-refractivity contribution in [3.8, 4) is 23.5 Å². The summed E-state index contributed by atoms with van der Waals surface area (Å²) in [5.74, 6) is 2.24. The van der Waals surface area contributed by atoms with Crippen LogP contribution in [0.2, 0.25) is 0 Å². The molecule has 3 aromatic rings. The van der Waals surface area contributed by atoms with Gasteiger partial charge in [0, 0.05) is 17.6 Å². The molecule has 138 valence electrons. The summed E-state index contributed by atoms with van der Waals surface area (Å²) in [5.41, 5.74) is 5.56. The van der Waals surface area contributed by atoms with Gasteiger partial charge in [0.15, 0.2) is 5.01 Å². The number of carbonyl (C=O) groups is 2. The van der Waals surface area contributed by atoms with E-state index in [1.54, 1.807) is 5.38 Å². The molecule has 0 saturated heterocycles. The van der Waals surface area contributed by atoms with Crippen molar-refractivity contribution in [1.82, 2.24) is 10.3 Å². The lowest BCUT2D eigenvalue weighted by Crippen LogP contribution is -2.25. The summed E-state index contributed by atoms with van der Waals surface area (Å²) in [6, 6.07) is 14.1. The van der Waals surface area contributed by atoms with E-state index in [2.05, 4.69) is 33.7 Å². The first kappa shape index (κ1) is 18.0. The molecular formula is C22H17N3O2S. The number of benzene rings is 2. The van der Waals surface area contributed by atoms with Gasteiger partial charge in [-0.2, -0.15) is 0 Å². The first-order chi connectivity index (χ1) is 13.6. The van der Waals surface area contributed by atoms with Crippen LogP contribution in [0.1, 0.15) is 26.6 Å². The summed E-state index contributed by atoms with van der Waals surface area (Å²) < 4.78 is 0. The van der Waals surface area contributed by atoms with Gasteiger partial charge in [-0.3, -0.25) is 9.59 Å². The summed E-state index contributed by atoms with van der Waals surface area (Å²) in [6.07, 6.45) is 6.40. The van der Waals surface area contributed by atoms with E-state index < -0.39 is 0 Å². The lowest BCUT2D eigenvalue weighted by Gasteiger charge is -2.09. The summed E-state index contributed by atoms with van der Waals surface area (Å²) >= 11 is 1.28. The Kier molecular flexibility index (Phi) is 4.92. The molecule has 5 nitrogen and oxygen atoms in total. The van der Waals surface area contributed by atoms with Crippen LogP contribution in [0.25, 0.3) is 11.1 Å². The van der Waals surface area contributed by atoms with Crippen LogP contribution in [0.5, 0.6) is 0 Å². The fraction of sp³-hybridized carbons (Fsp3) is 0.136. The topological polar surface area (TPSA) is 71.1 Å². The van der Waals surface area contributed by atoms with Crippen LogP contribution in [0.3, 0.4) is 0 Å². The first-order valence-corrected chi connectivity index (χ1v) is 9.73. The van der Waals surface area contributed by atoms with E-state index in [-0.39, 0.29) is 11.8 Å². The molecule has 0 atom stereocenters. The van der Waals surface area contributed by atoms with Gasteiger partial charge >= 0.3 is 0 Å². The van der Waals surface area contributed by atoms with Crippen molar-refractivity contribution >= 4 is 28.8 Å². The van der Waals surface area contributed by atoms with Crippen LogP contribution in [-0.2, 0) is 17.6 Å². The predicted octanol–water partition coefficient (Wildman–Crippen LogP) is 3.26. The molecule has 0 saturated carbocycles. The summed E-state index contributed by atoms with van der Waals surface area (Å²) in [5, 5.41) is 7.91. The molecule has 0 bridgehead atoms. The fourth-order valence-corrected chi connectivity index (χ4v) is 3.83. The highest BCUT2D eigenvalue weighted by atomic mass is 32.1. The minimum Gasteiger partial charge on any atom is -0.350 e. The molecule has 0 unspecified atom stereocenters. The average molecular weight is 387 g/mol. The maximum atomic E-state index is 12.1. The zero-order chi connectivity index (χ0) is 19.5. The number of thiazole rings is 1. The Morgan fingerprint density at radius 2 is 2.07 bits per heavy atom. The highest BCUT2D eigenvalue weighted by Crippen LogP contribution is 2.33. The number of nitrogens with one attached hydrogen (secondary N) is 2. The Hall–Kier alpha value is -3.43. The molecule has 0 aliphatic carbocycles. The molecule has 1 aliphatic heterocycles. The smallest absolute Gasteiger partial charge is 0.270 e. The molecule has 6 heteroatoms. The average Bonchev–Trinajstić information content (AvgIpc) is 3.34. The number of fused-ring (bicyclic) bond motifs is 1. The van der Waals surface area contributed by atoms with Gasteiger partial charge in [0.2, 0.25) is 5.91 Å². The van der Waals surface area contributed by atoms with Crippen molar-refractivity contribution in [1.29, 1.82) is 0 Å². The van der Waals surface area contributed by atoms with E-state index >= 15 is 0 Å². The quantitative estimate of drug-likeness (QED) is 0.660. The molecule has 1 aromatic heterocycles. The number of terminal acetylenes is 1. The van der Waals surface area contributed by atoms with E-state index in [0.717, 1.165) is 27.9 Å².